The number of alkyl halides is 3. The van der Waals surface area contributed by atoms with Crippen LogP contribution in [0.25, 0.3) is 0 Å². The molecule has 1 aliphatic heterocycles. The van der Waals surface area contributed by atoms with Crippen molar-refractivity contribution in [1.82, 2.24) is 10.2 Å². The molecule has 0 saturated carbocycles. The lowest BCUT2D eigenvalue weighted by Crippen LogP contribution is -2.51. The van der Waals surface area contributed by atoms with Crippen LogP contribution in [0.5, 0.6) is 0 Å². The number of hydrogen-bond donors (Lipinski definition) is 1. The summed E-state index contributed by atoms with van der Waals surface area (Å²) in [6.07, 6.45) is -5.28. The number of aryl methyl sites for hydroxylation is 1. The normalized spacial score (nSPS) is 18.7. The van der Waals surface area contributed by atoms with Gasteiger partial charge in [0.15, 0.2) is 0 Å². The maximum absolute atomic E-state index is 12.5. The summed E-state index contributed by atoms with van der Waals surface area (Å²) < 4.78 is 37.1. The van der Waals surface area contributed by atoms with Gasteiger partial charge < -0.3 is 10.2 Å². The first-order valence-electron chi connectivity index (χ1n) is 7.04. The molecule has 22 heavy (non-hydrogen) atoms. The van der Waals surface area contributed by atoms with Gasteiger partial charge in [-0.1, -0.05) is 18.2 Å². The Morgan fingerprint density at radius 2 is 2.05 bits per heavy atom. The molecule has 1 aromatic rings. The predicted molar refractivity (Wildman–Crippen MR) is 81.4 cm³/mol. The molecule has 1 aromatic carbocycles. The van der Waals surface area contributed by atoms with Gasteiger partial charge in [-0.15, -0.1) is 12.4 Å². The molecule has 3 nitrogen and oxygen atoms in total. The van der Waals surface area contributed by atoms with Crippen LogP contribution in [0, 0.1) is 0 Å². The molecular formula is C15H20ClF3N2O. The Balaban J connectivity index is 0.00000242. The van der Waals surface area contributed by atoms with Gasteiger partial charge in [0, 0.05) is 37.7 Å². The first-order valence-corrected chi connectivity index (χ1v) is 7.04. The Kier molecular flexibility index (Phi) is 6.68. The van der Waals surface area contributed by atoms with Gasteiger partial charge in [-0.25, -0.2) is 0 Å². The van der Waals surface area contributed by atoms with Gasteiger partial charge in [-0.2, -0.15) is 13.2 Å². The summed E-state index contributed by atoms with van der Waals surface area (Å²) in [6, 6.07) is 6.77. The van der Waals surface area contributed by atoms with Crippen LogP contribution in [0.1, 0.15) is 29.3 Å². The zero-order chi connectivity index (χ0) is 15.5. The summed E-state index contributed by atoms with van der Waals surface area (Å²) in [5.74, 6) is -0.180. The van der Waals surface area contributed by atoms with Gasteiger partial charge in [0.05, 0.1) is 0 Å². The van der Waals surface area contributed by atoms with E-state index >= 15 is 0 Å². The van der Waals surface area contributed by atoms with Gasteiger partial charge in [-0.05, 0) is 25.0 Å². The summed E-state index contributed by atoms with van der Waals surface area (Å²) in [6.45, 7) is 3.84. The molecule has 0 aromatic heterocycles. The van der Waals surface area contributed by atoms with E-state index in [4.69, 9.17) is 0 Å². The van der Waals surface area contributed by atoms with Gasteiger partial charge in [0.2, 0.25) is 0 Å². The molecule has 1 saturated heterocycles. The van der Waals surface area contributed by atoms with Gasteiger partial charge in [0.1, 0.15) is 0 Å². The van der Waals surface area contributed by atoms with Gasteiger partial charge in [-0.3, -0.25) is 4.79 Å². The lowest BCUT2D eigenvalue weighted by atomic mass is 10.0. The van der Waals surface area contributed by atoms with Crippen molar-refractivity contribution in [2.75, 3.05) is 19.6 Å². The number of nitrogens with zero attached hydrogens (tertiary/aromatic N) is 1. The highest BCUT2D eigenvalue weighted by atomic mass is 35.5. The molecule has 124 valence electrons. The minimum Gasteiger partial charge on any atom is -0.336 e. The maximum Gasteiger partial charge on any atom is 0.389 e. The fourth-order valence-electron chi connectivity index (χ4n) is 2.51. The van der Waals surface area contributed by atoms with Crippen molar-refractivity contribution in [2.45, 2.75) is 32.0 Å². The molecule has 1 aliphatic rings. The highest BCUT2D eigenvalue weighted by molar-refractivity contribution is 5.95. The van der Waals surface area contributed by atoms with E-state index in [1.807, 2.05) is 6.92 Å². The predicted octanol–water partition coefficient (Wildman–Crippen LogP) is 3.04. The van der Waals surface area contributed by atoms with Crippen LogP contribution in [0.3, 0.4) is 0 Å². The fraction of sp³-hybridized carbons (Fsp3) is 0.533. The van der Waals surface area contributed by atoms with E-state index in [1.165, 1.54) is 0 Å². The van der Waals surface area contributed by atoms with Crippen molar-refractivity contribution in [3.63, 3.8) is 0 Å². The molecule has 0 bridgehead atoms. The zero-order valence-electron chi connectivity index (χ0n) is 12.3. The van der Waals surface area contributed by atoms with Gasteiger partial charge >= 0.3 is 6.18 Å². The molecular weight excluding hydrogens is 317 g/mol. The number of carbonyl (C=O) groups excluding carboxylic acids is 1. The van der Waals surface area contributed by atoms with E-state index in [-0.39, 0.29) is 30.8 Å². The summed E-state index contributed by atoms with van der Waals surface area (Å²) in [7, 11) is 0. The minimum atomic E-state index is -4.21. The van der Waals surface area contributed by atoms with Crippen LogP contribution < -0.4 is 5.32 Å². The lowest BCUT2D eigenvalue weighted by Gasteiger charge is -2.32. The summed E-state index contributed by atoms with van der Waals surface area (Å²) >= 11 is 0. The Morgan fingerprint density at radius 1 is 1.36 bits per heavy atom. The second-order valence-electron chi connectivity index (χ2n) is 5.38. The molecule has 7 heteroatoms. The Morgan fingerprint density at radius 3 is 2.68 bits per heavy atom. The number of nitrogens with one attached hydrogen (secondary N) is 1. The van der Waals surface area contributed by atoms with Crippen LogP contribution in [0.15, 0.2) is 24.3 Å². The van der Waals surface area contributed by atoms with E-state index in [0.717, 1.165) is 0 Å². The first-order chi connectivity index (χ1) is 9.87. The van der Waals surface area contributed by atoms with Crippen LogP contribution in [0.4, 0.5) is 13.2 Å². The van der Waals surface area contributed by atoms with E-state index in [0.29, 0.717) is 30.8 Å². The van der Waals surface area contributed by atoms with Crippen molar-refractivity contribution in [3.8, 4) is 0 Å². The van der Waals surface area contributed by atoms with E-state index in [1.54, 1.807) is 29.2 Å². The Labute approximate surface area is 134 Å². The van der Waals surface area contributed by atoms with Crippen molar-refractivity contribution in [3.05, 3.63) is 35.4 Å². The molecule has 0 aliphatic carbocycles. The number of halogens is 4. The summed E-state index contributed by atoms with van der Waals surface area (Å²) in [4.78, 5) is 14.2. The van der Waals surface area contributed by atoms with Crippen LogP contribution in [0.2, 0.25) is 0 Å². The molecule has 0 unspecified atom stereocenters. The maximum atomic E-state index is 12.5. The zero-order valence-corrected chi connectivity index (χ0v) is 13.1. The smallest absolute Gasteiger partial charge is 0.336 e. The Bertz CT molecular complexity index is 508. The van der Waals surface area contributed by atoms with Crippen molar-refractivity contribution in [1.29, 1.82) is 0 Å². The fourth-order valence-corrected chi connectivity index (χ4v) is 2.51. The standard InChI is InChI=1S/C15H19F3N2O.ClH/c1-11-10-20(9-8-19-11)14(21)13-5-3-2-4-12(13)6-7-15(16,17)18;/h2-5,11,19H,6-10H2,1H3;1H/t11-;/m1./s1. The van der Waals surface area contributed by atoms with Crippen LogP contribution in [-0.4, -0.2) is 42.7 Å². The molecule has 1 heterocycles. The molecule has 1 N–H and O–H groups in total. The molecule has 1 amide bonds. The van der Waals surface area contributed by atoms with Gasteiger partial charge in [0.25, 0.3) is 5.91 Å². The first kappa shape index (κ1) is 18.8. The number of amides is 1. The second kappa shape index (κ2) is 7.83. The van der Waals surface area contributed by atoms with Crippen molar-refractivity contribution < 1.29 is 18.0 Å². The van der Waals surface area contributed by atoms with Crippen LogP contribution in [-0.2, 0) is 6.42 Å². The SMILES string of the molecule is C[C@@H]1CN(C(=O)c2ccccc2CCC(F)(F)F)CCN1.Cl. The number of hydrogen-bond acceptors (Lipinski definition) is 2. The third-order valence-corrected chi connectivity index (χ3v) is 3.58. The third kappa shape index (κ3) is 5.18. The third-order valence-electron chi connectivity index (χ3n) is 3.58. The van der Waals surface area contributed by atoms with Crippen LogP contribution >= 0.6 is 12.4 Å². The number of carbonyl (C=O) groups is 1. The van der Waals surface area contributed by atoms with Crippen molar-refractivity contribution in [2.24, 2.45) is 0 Å². The highest BCUT2D eigenvalue weighted by Gasteiger charge is 2.28. The topological polar surface area (TPSA) is 32.3 Å². The quantitative estimate of drug-likeness (QED) is 0.920. The van der Waals surface area contributed by atoms with E-state index in [2.05, 4.69) is 5.32 Å². The second-order valence-corrected chi connectivity index (χ2v) is 5.38. The molecule has 2 rings (SSSR count). The summed E-state index contributed by atoms with van der Waals surface area (Å²) in [5, 5.41) is 3.24. The van der Waals surface area contributed by atoms with Crippen molar-refractivity contribution >= 4 is 18.3 Å². The average Bonchev–Trinajstić information content (AvgIpc) is 2.44. The minimum absolute atomic E-state index is 0. The molecule has 1 fully saturated rings. The number of piperazine rings is 1. The molecule has 0 spiro atoms. The summed E-state index contributed by atoms with van der Waals surface area (Å²) in [5.41, 5.74) is 0.849. The number of benzene rings is 1. The largest absolute Gasteiger partial charge is 0.389 e. The monoisotopic (exact) mass is 336 g/mol. The highest BCUT2D eigenvalue weighted by Crippen LogP contribution is 2.24. The average molecular weight is 337 g/mol. The lowest BCUT2D eigenvalue weighted by molar-refractivity contribution is -0.134. The van der Waals surface area contributed by atoms with E-state index < -0.39 is 12.6 Å². The number of rotatable bonds is 3. The molecule has 0 radical (unpaired) electrons. The van der Waals surface area contributed by atoms with E-state index in [9.17, 15) is 18.0 Å². The Hall–Kier alpha value is -1.27. The molecule has 1 atom stereocenters.